The van der Waals surface area contributed by atoms with E-state index in [0.29, 0.717) is 0 Å². The zero-order valence-electron chi connectivity index (χ0n) is 12.4. The lowest BCUT2D eigenvalue weighted by molar-refractivity contribution is 0.0690. The van der Waals surface area contributed by atoms with Gasteiger partial charge in [-0.2, -0.15) is 0 Å². The SMILES string of the molecule is CCNCC1CCN(C(=O)c2ccc(SC)cc2)CC1. The highest BCUT2D eigenvalue weighted by Gasteiger charge is 2.23. The minimum absolute atomic E-state index is 0.180. The number of thioether (sulfide) groups is 1. The fraction of sp³-hybridized carbons (Fsp3) is 0.562. The topological polar surface area (TPSA) is 32.3 Å². The van der Waals surface area contributed by atoms with Crippen molar-refractivity contribution in [2.24, 2.45) is 5.92 Å². The number of carbonyl (C=O) groups is 1. The smallest absolute Gasteiger partial charge is 0.253 e. The first-order valence-corrected chi connectivity index (χ1v) is 8.61. The number of likely N-dealkylation sites (tertiary alicyclic amines) is 1. The van der Waals surface area contributed by atoms with Crippen molar-refractivity contribution in [2.45, 2.75) is 24.7 Å². The summed E-state index contributed by atoms with van der Waals surface area (Å²) in [4.78, 5) is 15.6. The molecule has 2 rings (SSSR count). The van der Waals surface area contributed by atoms with Gasteiger partial charge in [0.2, 0.25) is 0 Å². The van der Waals surface area contributed by atoms with Gasteiger partial charge >= 0.3 is 0 Å². The highest BCUT2D eigenvalue weighted by molar-refractivity contribution is 7.98. The second kappa shape index (κ2) is 7.70. The molecule has 1 heterocycles. The Morgan fingerprint density at radius 2 is 1.95 bits per heavy atom. The van der Waals surface area contributed by atoms with Gasteiger partial charge in [0.15, 0.2) is 0 Å². The van der Waals surface area contributed by atoms with Crippen molar-refractivity contribution < 1.29 is 4.79 Å². The summed E-state index contributed by atoms with van der Waals surface area (Å²) in [6.45, 7) is 6.02. The van der Waals surface area contributed by atoms with Crippen LogP contribution in [0.15, 0.2) is 29.2 Å². The molecule has 1 aromatic rings. The van der Waals surface area contributed by atoms with Gasteiger partial charge in [-0.3, -0.25) is 4.79 Å². The van der Waals surface area contributed by atoms with E-state index >= 15 is 0 Å². The molecule has 1 aliphatic heterocycles. The van der Waals surface area contributed by atoms with Gasteiger partial charge in [0.1, 0.15) is 0 Å². The molecule has 0 saturated carbocycles. The average molecular weight is 292 g/mol. The van der Waals surface area contributed by atoms with E-state index in [1.807, 2.05) is 35.4 Å². The van der Waals surface area contributed by atoms with Crippen molar-refractivity contribution in [3.8, 4) is 0 Å². The number of nitrogens with one attached hydrogen (secondary N) is 1. The van der Waals surface area contributed by atoms with E-state index in [2.05, 4.69) is 12.2 Å². The Kier molecular flexibility index (Phi) is 5.92. The molecule has 0 aliphatic carbocycles. The molecule has 0 bridgehead atoms. The van der Waals surface area contributed by atoms with Crippen LogP contribution < -0.4 is 5.32 Å². The normalized spacial score (nSPS) is 16.4. The maximum absolute atomic E-state index is 12.4. The third kappa shape index (κ3) is 4.00. The molecule has 3 nitrogen and oxygen atoms in total. The largest absolute Gasteiger partial charge is 0.339 e. The number of hydrogen-bond acceptors (Lipinski definition) is 3. The van der Waals surface area contributed by atoms with Crippen LogP contribution in [0, 0.1) is 5.92 Å². The average Bonchev–Trinajstić information content (AvgIpc) is 2.53. The molecular formula is C16H24N2OS. The van der Waals surface area contributed by atoms with Gasteiger partial charge in [-0.1, -0.05) is 6.92 Å². The second-order valence-corrected chi connectivity index (χ2v) is 6.15. The predicted molar refractivity (Wildman–Crippen MR) is 85.4 cm³/mol. The van der Waals surface area contributed by atoms with E-state index in [0.717, 1.165) is 50.5 Å². The molecular weight excluding hydrogens is 268 g/mol. The number of hydrogen-bond donors (Lipinski definition) is 1. The van der Waals surface area contributed by atoms with Crippen LogP contribution in [-0.4, -0.2) is 43.2 Å². The van der Waals surface area contributed by atoms with Gasteiger partial charge in [0.25, 0.3) is 5.91 Å². The molecule has 0 aromatic heterocycles. The molecule has 0 spiro atoms. The van der Waals surface area contributed by atoms with Crippen LogP contribution in [0.1, 0.15) is 30.1 Å². The standard InChI is InChI=1S/C16H24N2OS/c1-3-17-12-13-8-10-18(11-9-13)16(19)14-4-6-15(20-2)7-5-14/h4-7,13,17H,3,8-12H2,1-2H3. The summed E-state index contributed by atoms with van der Waals surface area (Å²) in [7, 11) is 0. The molecule has 0 unspecified atom stereocenters. The number of carbonyl (C=O) groups excluding carboxylic acids is 1. The summed E-state index contributed by atoms with van der Waals surface area (Å²) >= 11 is 1.70. The number of rotatable bonds is 5. The van der Waals surface area contributed by atoms with Gasteiger partial charge < -0.3 is 10.2 Å². The molecule has 1 amide bonds. The number of piperidine rings is 1. The summed E-state index contributed by atoms with van der Waals surface area (Å²) in [5.41, 5.74) is 0.813. The summed E-state index contributed by atoms with van der Waals surface area (Å²) in [6.07, 6.45) is 4.27. The summed E-state index contributed by atoms with van der Waals surface area (Å²) in [5.74, 6) is 0.900. The quantitative estimate of drug-likeness (QED) is 0.847. The van der Waals surface area contributed by atoms with Crippen molar-refractivity contribution >= 4 is 17.7 Å². The minimum Gasteiger partial charge on any atom is -0.339 e. The van der Waals surface area contributed by atoms with E-state index < -0.39 is 0 Å². The predicted octanol–water partition coefficient (Wildman–Crippen LogP) is 2.87. The van der Waals surface area contributed by atoms with E-state index in [9.17, 15) is 4.79 Å². The monoisotopic (exact) mass is 292 g/mol. The molecule has 4 heteroatoms. The zero-order chi connectivity index (χ0) is 14.4. The van der Waals surface area contributed by atoms with E-state index in [1.165, 1.54) is 4.90 Å². The Morgan fingerprint density at radius 1 is 1.30 bits per heavy atom. The fourth-order valence-corrected chi connectivity index (χ4v) is 3.01. The van der Waals surface area contributed by atoms with Gasteiger partial charge in [0, 0.05) is 23.5 Å². The van der Waals surface area contributed by atoms with Crippen LogP contribution in [0.4, 0.5) is 0 Å². The first-order valence-electron chi connectivity index (χ1n) is 7.38. The first-order chi connectivity index (χ1) is 9.74. The van der Waals surface area contributed by atoms with Crippen LogP contribution in [-0.2, 0) is 0 Å². The summed E-state index contributed by atoms with van der Waals surface area (Å²) in [6, 6.07) is 7.93. The summed E-state index contributed by atoms with van der Waals surface area (Å²) in [5, 5.41) is 3.40. The molecule has 110 valence electrons. The first kappa shape index (κ1) is 15.4. The third-order valence-corrected chi connectivity index (χ3v) is 4.67. The van der Waals surface area contributed by atoms with Crippen LogP contribution in [0.2, 0.25) is 0 Å². The van der Waals surface area contributed by atoms with Crippen molar-refractivity contribution in [2.75, 3.05) is 32.4 Å². The minimum atomic E-state index is 0.180. The second-order valence-electron chi connectivity index (χ2n) is 5.27. The lowest BCUT2D eigenvalue weighted by atomic mass is 9.96. The van der Waals surface area contributed by atoms with Crippen molar-refractivity contribution in [1.82, 2.24) is 10.2 Å². The maximum atomic E-state index is 12.4. The molecule has 1 saturated heterocycles. The number of nitrogens with zero attached hydrogens (tertiary/aromatic N) is 1. The van der Waals surface area contributed by atoms with Crippen LogP contribution in [0.3, 0.4) is 0 Å². The Labute approximate surface area is 126 Å². The molecule has 1 aliphatic rings. The summed E-state index contributed by atoms with van der Waals surface area (Å²) < 4.78 is 0. The van der Waals surface area contributed by atoms with E-state index in [1.54, 1.807) is 11.8 Å². The van der Waals surface area contributed by atoms with Crippen LogP contribution >= 0.6 is 11.8 Å². The number of amides is 1. The highest BCUT2D eigenvalue weighted by atomic mass is 32.2. The van der Waals surface area contributed by atoms with Crippen molar-refractivity contribution in [3.05, 3.63) is 29.8 Å². The van der Waals surface area contributed by atoms with Gasteiger partial charge in [-0.25, -0.2) is 0 Å². The molecule has 1 N–H and O–H groups in total. The van der Waals surface area contributed by atoms with Gasteiger partial charge in [0.05, 0.1) is 0 Å². The van der Waals surface area contributed by atoms with Crippen LogP contribution in [0.5, 0.6) is 0 Å². The third-order valence-electron chi connectivity index (χ3n) is 3.92. The Bertz CT molecular complexity index is 425. The van der Waals surface area contributed by atoms with Crippen LogP contribution in [0.25, 0.3) is 0 Å². The Hall–Kier alpha value is -1.00. The van der Waals surface area contributed by atoms with Crippen molar-refractivity contribution in [3.63, 3.8) is 0 Å². The van der Waals surface area contributed by atoms with Crippen molar-refractivity contribution in [1.29, 1.82) is 0 Å². The lowest BCUT2D eigenvalue weighted by Crippen LogP contribution is -2.40. The molecule has 1 fully saturated rings. The zero-order valence-corrected chi connectivity index (χ0v) is 13.2. The molecule has 20 heavy (non-hydrogen) atoms. The molecule has 1 aromatic carbocycles. The Balaban J connectivity index is 1.87. The maximum Gasteiger partial charge on any atom is 0.253 e. The Morgan fingerprint density at radius 3 is 2.50 bits per heavy atom. The fourth-order valence-electron chi connectivity index (χ4n) is 2.60. The van der Waals surface area contributed by atoms with Gasteiger partial charge in [-0.05, 0) is 62.4 Å². The van der Waals surface area contributed by atoms with E-state index in [-0.39, 0.29) is 5.91 Å². The van der Waals surface area contributed by atoms with E-state index in [4.69, 9.17) is 0 Å². The lowest BCUT2D eigenvalue weighted by Gasteiger charge is -2.32. The highest BCUT2D eigenvalue weighted by Crippen LogP contribution is 2.20. The molecule has 0 atom stereocenters. The number of benzene rings is 1. The van der Waals surface area contributed by atoms with Gasteiger partial charge in [-0.15, -0.1) is 11.8 Å². The molecule has 0 radical (unpaired) electrons.